The first-order chi connectivity index (χ1) is 9.08. The molecule has 4 nitrogen and oxygen atoms in total. The van der Waals surface area contributed by atoms with Crippen molar-refractivity contribution >= 4 is 11.7 Å². The van der Waals surface area contributed by atoms with Crippen molar-refractivity contribution in [3.8, 4) is 0 Å². The van der Waals surface area contributed by atoms with Gasteiger partial charge in [-0.25, -0.2) is 0 Å². The van der Waals surface area contributed by atoms with Gasteiger partial charge >= 0.3 is 0 Å². The van der Waals surface area contributed by atoms with E-state index in [1.165, 1.54) is 6.26 Å². The van der Waals surface area contributed by atoms with Crippen LogP contribution in [0.5, 0.6) is 0 Å². The van der Waals surface area contributed by atoms with Crippen LogP contribution in [-0.2, 0) is 0 Å². The molecule has 0 aliphatic rings. The van der Waals surface area contributed by atoms with E-state index in [0.717, 1.165) is 11.1 Å². The van der Waals surface area contributed by atoms with Gasteiger partial charge in [0.2, 0.25) is 0 Å². The van der Waals surface area contributed by atoms with E-state index in [4.69, 9.17) is 4.42 Å². The van der Waals surface area contributed by atoms with Crippen molar-refractivity contribution in [2.24, 2.45) is 0 Å². The SMILES string of the molecule is Cc1ccc(C)c(C(=O)CNC(=O)c2ccco2)c1. The number of carbonyl (C=O) groups excluding carboxylic acids is 2. The molecule has 0 saturated carbocycles. The number of hydrogen-bond acceptors (Lipinski definition) is 3. The predicted octanol–water partition coefficient (Wildman–Crippen LogP) is 2.51. The molecule has 0 bridgehead atoms. The number of carbonyl (C=O) groups is 2. The maximum atomic E-state index is 12.0. The maximum Gasteiger partial charge on any atom is 0.287 e. The van der Waals surface area contributed by atoms with Crippen LogP contribution < -0.4 is 5.32 Å². The van der Waals surface area contributed by atoms with Crippen LogP contribution in [0.15, 0.2) is 41.0 Å². The van der Waals surface area contributed by atoms with Gasteiger partial charge < -0.3 is 9.73 Å². The highest BCUT2D eigenvalue weighted by molar-refractivity contribution is 6.02. The third-order valence-corrected chi connectivity index (χ3v) is 2.85. The number of hydrogen-bond donors (Lipinski definition) is 1. The Balaban J connectivity index is 2.02. The lowest BCUT2D eigenvalue weighted by Gasteiger charge is -2.07. The van der Waals surface area contributed by atoms with Crippen molar-refractivity contribution < 1.29 is 14.0 Å². The molecule has 0 unspecified atom stereocenters. The quantitative estimate of drug-likeness (QED) is 0.856. The molecule has 0 atom stereocenters. The van der Waals surface area contributed by atoms with Crippen LogP contribution in [0.1, 0.15) is 32.0 Å². The predicted molar refractivity (Wildman–Crippen MR) is 71.3 cm³/mol. The standard InChI is InChI=1S/C15H15NO3/c1-10-5-6-11(2)12(8-10)13(17)9-16-15(18)14-4-3-7-19-14/h3-8H,9H2,1-2H3,(H,16,18). The number of rotatable bonds is 4. The first-order valence-corrected chi connectivity index (χ1v) is 6.00. The van der Waals surface area contributed by atoms with Gasteiger partial charge in [0.15, 0.2) is 11.5 Å². The minimum absolute atomic E-state index is 0.0379. The van der Waals surface area contributed by atoms with Crippen LogP contribution in [0.4, 0.5) is 0 Å². The van der Waals surface area contributed by atoms with Crippen molar-refractivity contribution in [3.63, 3.8) is 0 Å². The zero-order valence-electron chi connectivity index (χ0n) is 10.9. The molecular weight excluding hydrogens is 242 g/mol. The van der Waals surface area contributed by atoms with Gasteiger partial charge in [0.1, 0.15) is 0 Å². The van der Waals surface area contributed by atoms with Crippen molar-refractivity contribution in [1.82, 2.24) is 5.32 Å². The average Bonchev–Trinajstić information content (AvgIpc) is 2.92. The lowest BCUT2D eigenvalue weighted by atomic mass is 10.0. The van der Waals surface area contributed by atoms with E-state index in [1.54, 1.807) is 12.1 Å². The Hall–Kier alpha value is -2.36. The third kappa shape index (κ3) is 3.10. The van der Waals surface area contributed by atoms with E-state index in [9.17, 15) is 9.59 Å². The number of aryl methyl sites for hydroxylation is 2. The van der Waals surface area contributed by atoms with Crippen LogP contribution in [0.25, 0.3) is 0 Å². The summed E-state index contributed by atoms with van der Waals surface area (Å²) in [6.07, 6.45) is 1.42. The number of amides is 1. The number of ketones is 1. The molecule has 1 amide bonds. The molecule has 19 heavy (non-hydrogen) atoms. The van der Waals surface area contributed by atoms with Gasteiger partial charge in [-0.1, -0.05) is 17.7 Å². The van der Waals surface area contributed by atoms with E-state index in [2.05, 4.69) is 5.32 Å². The summed E-state index contributed by atoms with van der Waals surface area (Å²) < 4.78 is 4.95. The Morgan fingerprint density at radius 3 is 2.68 bits per heavy atom. The van der Waals surface area contributed by atoms with E-state index in [1.807, 2.05) is 32.0 Å². The van der Waals surface area contributed by atoms with E-state index in [0.29, 0.717) is 5.56 Å². The second-order valence-corrected chi connectivity index (χ2v) is 4.40. The smallest absolute Gasteiger partial charge is 0.287 e. The van der Waals surface area contributed by atoms with Crippen molar-refractivity contribution in [2.75, 3.05) is 6.54 Å². The van der Waals surface area contributed by atoms with Gasteiger partial charge in [0.05, 0.1) is 12.8 Å². The number of furan rings is 1. The molecule has 1 N–H and O–H groups in total. The fraction of sp³-hybridized carbons (Fsp3) is 0.200. The highest BCUT2D eigenvalue weighted by atomic mass is 16.3. The lowest BCUT2D eigenvalue weighted by molar-refractivity contribution is 0.0885. The van der Waals surface area contributed by atoms with Crippen LogP contribution in [0, 0.1) is 13.8 Å². The summed E-state index contributed by atoms with van der Waals surface area (Å²) in [6, 6.07) is 8.86. The minimum atomic E-state index is -0.386. The first-order valence-electron chi connectivity index (χ1n) is 6.00. The number of nitrogens with one attached hydrogen (secondary N) is 1. The maximum absolute atomic E-state index is 12.0. The average molecular weight is 257 g/mol. The third-order valence-electron chi connectivity index (χ3n) is 2.85. The normalized spacial score (nSPS) is 10.2. The molecule has 2 aromatic rings. The van der Waals surface area contributed by atoms with E-state index < -0.39 is 0 Å². The summed E-state index contributed by atoms with van der Waals surface area (Å²) in [5, 5.41) is 2.55. The van der Waals surface area contributed by atoms with Gasteiger partial charge in [-0.15, -0.1) is 0 Å². The molecule has 0 aliphatic heterocycles. The molecule has 0 saturated heterocycles. The first kappa shape index (κ1) is 13.1. The largest absolute Gasteiger partial charge is 0.459 e. The molecule has 4 heteroatoms. The summed E-state index contributed by atoms with van der Waals surface area (Å²) in [5.41, 5.74) is 2.56. The molecule has 0 fully saturated rings. The Kier molecular flexibility index (Phi) is 3.80. The number of benzene rings is 1. The number of Topliss-reactive ketones (excluding diaryl/α,β-unsaturated/α-hetero) is 1. The minimum Gasteiger partial charge on any atom is -0.459 e. The van der Waals surface area contributed by atoms with Gasteiger partial charge in [-0.2, -0.15) is 0 Å². The van der Waals surface area contributed by atoms with Crippen molar-refractivity contribution in [2.45, 2.75) is 13.8 Å². The van der Waals surface area contributed by atoms with Crippen LogP contribution in [0.2, 0.25) is 0 Å². The van der Waals surface area contributed by atoms with Crippen LogP contribution in [0.3, 0.4) is 0 Å². The molecule has 1 aromatic heterocycles. The topological polar surface area (TPSA) is 59.3 Å². The zero-order valence-corrected chi connectivity index (χ0v) is 10.9. The van der Waals surface area contributed by atoms with Crippen molar-refractivity contribution in [1.29, 1.82) is 0 Å². The summed E-state index contributed by atoms with van der Waals surface area (Å²) >= 11 is 0. The molecule has 0 spiro atoms. The highest BCUT2D eigenvalue weighted by Gasteiger charge is 2.13. The second-order valence-electron chi connectivity index (χ2n) is 4.40. The molecule has 98 valence electrons. The summed E-state index contributed by atoms with van der Waals surface area (Å²) in [4.78, 5) is 23.7. The second kappa shape index (κ2) is 5.52. The van der Waals surface area contributed by atoms with E-state index in [-0.39, 0.29) is 24.0 Å². The Labute approximate surface area is 111 Å². The van der Waals surface area contributed by atoms with Gasteiger partial charge in [0, 0.05) is 5.56 Å². The van der Waals surface area contributed by atoms with Gasteiger partial charge in [0.25, 0.3) is 5.91 Å². The lowest BCUT2D eigenvalue weighted by Crippen LogP contribution is -2.29. The molecule has 0 aliphatic carbocycles. The fourth-order valence-corrected chi connectivity index (χ4v) is 1.79. The Bertz CT molecular complexity index is 600. The molecule has 1 aromatic carbocycles. The summed E-state index contributed by atoms with van der Waals surface area (Å²) in [6.45, 7) is 3.77. The van der Waals surface area contributed by atoms with Gasteiger partial charge in [-0.3, -0.25) is 9.59 Å². The molecule has 2 rings (SSSR count). The van der Waals surface area contributed by atoms with E-state index >= 15 is 0 Å². The molecule has 0 radical (unpaired) electrons. The molecule has 1 heterocycles. The monoisotopic (exact) mass is 257 g/mol. The molecular formula is C15H15NO3. The fourth-order valence-electron chi connectivity index (χ4n) is 1.79. The Morgan fingerprint density at radius 1 is 1.21 bits per heavy atom. The van der Waals surface area contributed by atoms with Gasteiger partial charge in [-0.05, 0) is 37.6 Å². The zero-order chi connectivity index (χ0) is 13.8. The summed E-state index contributed by atoms with van der Waals surface area (Å²) in [5.74, 6) is -0.293. The summed E-state index contributed by atoms with van der Waals surface area (Å²) in [7, 11) is 0. The van der Waals surface area contributed by atoms with Crippen LogP contribution in [-0.4, -0.2) is 18.2 Å². The highest BCUT2D eigenvalue weighted by Crippen LogP contribution is 2.11. The Morgan fingerprint density at radius 2 is 2.00 bits per heavy atom. The van der Waals surface area contributed by atoms with Crippen molar-refractivity contribution in [3.05, 3.63) is 59.0 Å². The van der Waals surface area contributed by atoms with Crippen LogP contribution >= 0.6 is 0 Å².